The molecule has 1 heterocycles. The van der Waals surface area contributed by atoms with E-state index in [1.165, 1.54) is 0 Å². The van der Waals surface area contributed by atoms with Crippen molar-refractivity contribution >= 4 is 5.91 Å². The maximum Gasteiger partial charge on any atom is 0.220 e. The van der Waals surface area contributed by atoms with Crippen molar-refractivity contribution in [3.05, 3.63) is 0 Å². The predicted molar refractivity (Wildman–Crippen MR) is 49.8 cm³/mol. The van der Waals surface area contributed by atoms with E-state index < -0.39 is 0 Å². The first-order valence-electron chi connectivity index (χ1n) is 4.73. The molecule has 1 amide bonds. The molecule has 1 rings (SSSR count). The molecule has 0 bridgehead atoms. The van der Waals surface area contributed by atoms with Crippen molar-refractivity contribution in [3.8, 4) is 0 Å². The number of carbonyl (C=O) groups is 1. The Morgan fingerprint density at radius 2 is 2.25 bits per heavy atom. The van der Waals surface area contributed by atoms with Crippen LogP contribution in [0.5, 0.6) is 0 Å². The highest BCUT2D eigenvalue weighted by Crippen LogP contribution is 2.37. The van der Waals surface area contributed by atoms with E-state index in [-0.39, 0.29) is 11.3 Å². The van der Waals surface area contributed by atoms with Crippen LogP contribution < -0.4 is 5.32 Å². The van der Waals surface area contributed by atoms with Gasteiger partial charge in [0.15, 0.2) is 0 Å². The van der Waals surface area contributed by atoms with E-state index in [2.05, 4.69) is 33.0 Å². The van der Waals surface area contributed by atoms with Gasteiger partial charge >= 0.3 is 0 Å². The summed E-state index contributed by atoms with van der Waals surface area (Å²) < 4.78 is 0. The summed E-state index contributed by atoms with van der Waals surface area (Å²) in [6.45, 7) is 8.73. The fourth-order valence-corrected chi connectivity index (χ4v) is 2.17. The summed E-state index contributed by atoms with van der Waals surface area (Å²) in [5.41, 5.74) is 0.186. The zero-order chi connectivity index (χ0) is 9.35. The molecule has 0 aromatic heterocycles. The number of carbonyl (C=O) groups excluding carboxylic acids is 1. The second kappa shape index (κ2) is 3.08. The average molecular weight is 169 g/mol. The topological polar surface area (TPSA) is 29.1 Å². The number of amides is 1. The lowest BCUT2D eigenvalue weighted by Crippen LogP contribution is -2.33. The van der Waals surface area contributed by atoms with Gasteiger partial charge in [-0.3, -0.25) is 4.79 Å². The summed E-state index contributed by atoms with van der Waals surface area (Å²) in [4.78, 5) is 11.1. The molecule has 2 nitrogen and oxygen atoms in total. The lowest BCUT2D eigenvalue weighted by Gasteiger charge is -2.29. The smallest absolute Gasteiger partial charge is 0.220 e. The molecule has 2 atom stereocenters. The average Bonchev–Trinajstić information content (AvgIpc) is 2.04. The van der Waals surface area contributed by atoms with Crippen molar-refractivity contribution in [1.82, 2.24) is 5.32 Å². The third kappa shape index (κ3) is 1.79. The van der Waals surface area contributed by atoms with Crippen molar-refractivity contribution in [1.29, 1.82) is 0 Å². The van der Waals surface area contributed by atoms with E-state index >= 15 is 0 Å². The van der Waals surface area contributed by atoms with Gasteiger partial charge in [-0.1, -0.05) is 20.8 Å². The number of nitrogens with one attached hydrogen (secondary N) is 1. The van der Waals surface area contributed by atoms with Gasteiger partial charge in [-0.05, 0) is 24.7 Å². The minimum absolute atomic E-state index is 0.186. The van der Waals surface area contributed by atoms with Crippen LogP contribution in [0, 0.1) is 11.3 Å². The van der Waals surface area contributed by atoms with Crippen molar-refractivity contribution in [2.75, 3.05) is 0 Å². The van der Waals surface area contributed by atoms with E-state index in [0.29, 0.717) is 18.4 Å². The first-order chi connectivity index (χ1) is 5.44. The van der Waals surface area contributed by atoms with Crippen molar-refractivity contribution in [2.45, 2.75) is 46.6 Å². The standard InChI is InChI=1S/C10H19NO/c1-7(2)5-10(4)6-9(12)11-8(10)3/h7-8H,5-6H2,1-4H3,(H,11,12). The van der Waals surface area contributed by atoms with Gasteiger partial charge in [0.25, 0.3) is 0 Å². The molecule has 1 fully saturated rings. The van der Waals surface area contributed by atoms with Gasteiger partial charge in [-0.15, -0.1) is 0 Å². The summed E-state index contributed by atoms with van der Waals surface area (Å²) in [7, 11) is 0. The van der Waals surface area contributed by atoms with Crippen molar-refractivity contribution in [3.63, 3.8) is 0 Å². The number of hydrogen-bond acceptors (Lipinski definition) is 1. The molecule has 0 radical (unpaired) electrons. The molecule has 1 saturated heterocycles. The van der Waals surface area contributed by atoms with Gasteiger partial charge in [0, 0.05) is 12.5 Å². The van der Waals surface area contributed by atoms with Crippen LogP contribution in [0.4, 0.5) is 0 Å². The molecule has 70 valence electrons. The fraction of sp³-hybridized carbons (Fsp3) is 0.900. The molecule has 0 spiro atoms. The molecule has 0 saturated carbocycles. The van der Waals surface area contributed by atoms with Crippen LogP contribution >= 0.6 is 0 Å². The molecule has 2 heteroatoms. The van der Waals surface area contributed by atoms with E-state index in [4.69, 9.17) is 0 Å². The van der Waals surface area contributed by atoms with E-state index in [0.717, 1.165) is 6.42 Å². The van der Waals surface area contributed by atoms with Crippen LogP contribution in [0.1, 0.15) is 40.5 Å². The highest BCUT2D eigenvalue weighted by Gasteiger charge is 2.40. The second-order valence-electron chi connectivity index (χ2n) is 4.72. The third-order valence-electron chi connectivity index (χ3n) is 2.86. The molecule has 1 aliphatic heterocycles. The third-order valence-corrected chi connectivity index (χ3v) is 2.86. The van der Waals surface area contributed by atoms with Crippen molar-refractivity contribution in [2.24, 2.45) is 11.3 Å². The van der Waals surface area contributed by atoms with E-state index in [1.54, 1.807) is 0 Å². The lowest BCUT2D eigenvalue weighted by molar-refractivity contribution is -0.119. The van der Waals surface area contributed by atoms with Crippen LogP contribution in [0.25, 0.3) is 0 Å². The number of rotatable bonds is 2. The lowest BCUT2D eigenvalue weighted by atomic mass is 9.76. The Balaban J connectivity index is 2.64. The van der Waals surface area contributed by atoms with Crippen LogP contribution in [0.15, 0.2) is 0 Å². The second-order valence-corrected chi connectivity index (χ2v) is 4.72. The van der Waals surface area contributed by atoms with Gasteiger partial charge in [0.2, 0.25) is 5.91 Å². The van der Waals surface area contributed by atoms with Crippen LogP contribution in [-0.2, 0) is 4.79 Å². The molecular weight excluding hydrogens is 150 g/mol. The van der Waals surface area contributed by atoms with E-state index in [1.807, 2.05) is 0 Å². The molecule has 0 aromatic rings. The summed E-state index contributed by atoms with van der Waals surface area (Å²) in [6, 6.07) is 0.340. The Hall–Kier alpha value is -0.530. The Bertz CT molecular complexity index is 188. The van der Waals surface area contributed by atoms with Gasteiger partial charge in [-0.2, -0.15) is 0 Å². The Morgan fingerprint density at radius 1 is 1.67 bits per heavy atom. The molecule has 12 heavy (non-hydrogen) atoms. The Morgan fingerprint density at radius 3 is 2.58 bits per heavy atom. The predicted octanol–water partition coefficient (Wildman–Crippen LogP) is 1.95. The van der Waals surface area contributed by atoms with Crippen LogP contribution in [0.2, 0.25) is 0 Å². The summed E-state index contributed by atoms with van der Waals surface area (Å²) >= 11 is 0. The first kappa shape index (κ1) is 9.56. The minimum atomic E-state index is 0.186. The van der Waals surface area contributed by atoms with Crippen molar-refractivity contribution < 1.29 is 4.79 Å². The highest BCUT2D eigenvalue weighted by molar-refractivity contribution is 5.79. The zero-order valence-corrected chi connectivity index (χ0v) is 8.48. The maximum atomic E-state index is 11.1. The largest absolute Gasteiger partial charge is 0.353 e. The zero-order valence-electron chi connectivity index (χ0n) is 8.48. The minimum Gasteiger partial charge on any atom is -0.353 e. The molecular formula is C10H19NO. The highest BCUT2D eigenvalue weighted by atomic mass is 16.2. The molecule has 1 aliphatic rings. The van der Waals surface area contributed by atoms with E-state index in [9.17, 15) is 4.79 Å². The molecule has 2 unspecified atom stereocenters. The van der Waals surface area contributed by atoms with Crippen LogP contribution in [0.3, 0.4) is 0 Å². The summed E-state index contributed by atoms with van der Waals surface area (Å²) in [6.07, 6.45) is 1.83. The first-order valence-corrected chi connectivity index (χ1v) is 4.73. The van der Waals surface area contributed by atoms with Gasteiger partial charge in [-0.25, -0.2) is 0 Å². The fourth-order valence-electron chi connectivity index (χ4n) is 2.17. The monoisotopic (exact) mass is 169 g/mol. The maximum absolute atomic E-state index is 11.1. The quantitative estimate of drug-likeness (QED) is 0.672. The normalized spacial score (nSPS) is 35.8. The van der Waals surface area contributed by atoms with Crippen LogP contribution in [-0.4, -0.2) is 11.9 Å². The summed E-state index contributed by atoms with van der Waals surface area (Å²) in [5, 5.41) is 2.97. The van der Waals surface area contributed by atoms with Gasteiger partial charge in [0.1, 0.15) is 0 Å². The Kier molecular flexibility index (Phi) is 2.45. The van der Waals surface area contributed by atoms with Gasteiger partial charge in [0.05, 0.1) is 0 Å². The summed E-state index contributed by atoms with van der Waals surface area (Å²) in [5.74, 6) is 0.885. The SMILES string of the molecule is CC(C)CC1(C)CC(=O)NC1C. The Labute approximate surface area is 74.7 Å². The molecule has 0 aliphatic carbocycles. The molecule has 0 aromatic carbocycles. The van der Waals surface area contributed by atoms with Gasteiger partial charge < -0.3 is 5.32 Å². The molecule has 1 N–H and O–H groups in total. The number of hydrogen-bond donors (Lipinski definition) is 1.